The Morgan fingerprint density at radius 2 is 1.68 bits per heavy atom. The number of nitrogens with one attached hydrogen (secondary N) is 1. The number of nitrogens with zero attached hydrogens (tertiary/aromatic N) is 1. The highest BCUT2D eigenvalue weighted by atomic mass is 32.2. The molecule has 0 aliphatic heterocycles. The second-order valence-electron chi connectivity index (χ2n) is 7.85. The molecule has 14 heteroatoms. The second-order valence-corrected chi connectivity index (χ2v) is 9.84. The molecule has 186 valence electrons. The molecular weight excluding hydrogens is 497 g/mol. The smallest absolute Gasteiger partial charge is 0.369 e. The quantitative estimate of drug-likeness (QED) is 0.547. The molecule has 0 spiro atoms. The van der Waals surface area contributed by atoms with E-state index < -0.39 is 57.2 Å². The fraction of sp³-hybridized carbons (Fsp3) is 0.400. The maximum absolute atomic E-state index is 14.2. The number of aromatic nitrogens is 1. The Morgan fingerprint density at radius 1 is 1.06 bits per heavy atom. The summed E-state index contributed by atoms with van der Waals surface area (Å²) in [4.78, 5) is 16.0. The molecule has 1 aromatic carbocycles. The SMILES string of the molecule is O=C(Cc1ccc(S(=O)(=O)CC2CC2)nc1)Nc1ccc(C(O)(C(F)(F)F)C(F)(F)F)c(F)c1. The standard InChI is InChI=1S/C20H17F7N2O4S/c21-15-8-13(4-5-14(15)18(31,19(22,23)24)20(25,26)27)29-16(30)7-12-3-6-17(28-9-12)34(32,33)10-11-1-2-11/h3-6,8-9,11,31H,1-2,7,10H2,(H,29,30). The molecular formula is C20H17F7N2O4S. The molecule has 0 saturated heterocycles. The first-order valence-corrected chi connectivity index (χ1v) is 11.3. The van der Waals surface area contributed by atoms with E-state index in [1.165, 1.54) is 12.1 Å². The van der Waals surface area contributed by atoms with E-state index in [4.69, 9.17) is 0 Å². The maximum Gasteiger partial charge on any atom is 0.430 e. The van der Waals surface area contributed by atoms with Crippen LogP contribution in [0.1, 0.15) is 24.0 Å². The van der Waals surface area contributed by atoms with Crippen LogP contribution in [0.5, 0.6) is 0 Å². The zero-order valence-corrected chi connectivity index (χ0v) is 17.9. The van der Waals surface area contributed by atoms with Gasteiger partial charge < -0.3 is 10.4 Å². The van der Waals surface area contributed by atoms with Gasteiger partial charge in [0.1, 0.15) is 5.82 Å². The monoisotopic (exact) mass is 514 g/mol. The minimum Gasteiger partial charge on any atom is -0.369 e. The van der Waals surface area contributed by atoms with Gasteiger partial charge >= 0.3 is 12.4 Å². The van der Waals surface area contributed by atoms with Gasteiger partial charge in [-0.3, -0.25) is 4.79 Å². The van der Waals surface area contributed by atoms with E-state index >= 15 is 0 Å². The van der Waals surface area contributed by atoms with Crippen LogP contribution >= 0.6 is 0 Å². The van der Waals surface area contributed by atoms with Crippen LogP contribution in [0, 0.1) is 11.7 Å². The highest BCUT2D eigenvalue weighted by Crippen LogP contribution is 2.50. The van der Waals surface area contributed by atoms with Gasteiger partial charge in [0.15, 0.2) is 14.9 Å². The summed E-state index contributed by atoms with van der Waals surface area (Å²) in [5.41, 5.74) is -7.73. The predicted molar refractivity (Wildman–Crippen MR) is 104 cm³/mol. The molecule has 0 unspecified atom stereocenters. The number of alkyl halides is 6. The molecule has 6 nitrogen and oxygen atoms in total. The van der Waals surface area contributed by atoms with Crippen molar-refractivity contribution in [1.82, 2.24) is 4.98 Å². The van der Waals surface area contributed by atoms with Gasteiger partial charge in [0.25, 0.3) is 5.60 Å². The molecule has 3 rings (SSSR count). The van der Waals surface area contributed by atoms with Crippen LogP contribution in [-0.4, -0.2) is 42.5 Å². The van der Waals surface area contributed by atoms with E-state index in [0.717, 1.165) is 19.0 Å². The summed E-state index contributed by atoms with van der Waals surface area (Å²) in [5.74, 6) is -2.79. The molecule has 34 heavy (non-hydrogen) atoms. The van der Waals surface area contributed by atoms with Gasteiger partial charge in [0.2, 0.25) is 5.91 Å². The molecule has 1 heterocycles. The normalized spacial score (nSPS) is 15.3. The summed E-state index contributed by atoms with van der Waals surface area (Å²) in [5, 5.41) is 11.2. The number of halogens is 7. The molecule has 2 N–H and O–H groups in total. The number of amides is 1. The predicted octanol–water partition coefficient (Wildman–Crippen LogP) is 3.90. The second kappa shape index (κ2) is 8.80. The van der Waals surface area contributed by atoms with Crippen LogP contribution < -0.4 is 5.32 Å². The summed E-state index contributed by atoms with van der Waals surface area (Å²) in [6.07, 6.45) is -10.1. The lowest BCUT2D eigenvalue weighted by atomic mass is 9.91. The number of carbonyl (C=O) groups excluding carboxylic acids is 1. The van der Waals surface area contributed by atoms with Gasteiger partial charge in [0, 0.05) is 17.4 Å². The van der Waals surface area contributed by atoms with Crippen molar-refractivity contribution >= 4 is 21.4 Å². The van der Waals surface area contributed by atoms with Gasteiger partial charge in [0.05, 0.1) is 12.2 Å². The van der Waals surface area contributed by atoms with Crippen LogP contribution in [0.25, 0.3) is 0 Å². The van der Waals surface area contributed by atoms with E-state index in [0.29, 0.717) is 6.07 Å². The van der Waals surface area contributed by atoms with Gasteiger partial charge in [-0.05, 0) is 42.5 Å². The number of carbonyl (C=O) groups is 1. The average molecular weight is 514 g/mol. The molecule has 0 radical (unpaired) electrons. The molecule has 1 aromatic heterocycles. The molecule has 1 saturated carbocycles. The summed E-state index contributed by atoms with van der Waals surface area (Å²) in [7, 11) is -3.57. The zero-order valence-electron chi connectivity index (χ0n) is 17.0. The largest absolute Gasteiger partial charge is 0.430 e. The Hall–Kier alpha value is -2.74. The van der Waals surface area contributed by atoms with Crippen molar-refractivity contribution in [2.24, 2.45) is 5.92 Å². The first-order valence-electron chi connectivity index (χ1n) is 9.68. The van der Waals surface area contributed by atoms with Crippen molar-refractivity contribution in [1.29, 1.82) is 0 Å². The number of sulfone groups is 1. The van der Waals surface area contributed by atoms with Gasteiger partial charge in [-0.1, -0.05) is 12.1 Å². The van der Waals surface area contributed by atoms with Crippen molar-refractivity contribution in [2.45, 2.75) is 42.2 Å². The molecule has 0 bridgehead atoms. The lowest BCUT2D eigenvalue weighted by Crippen LogP contribution is -2.54. The summed E-state index contributed by atoms with van der Waals surface area (Å²) in [6.45, 7) is 0. The van der Waals surface area contributed by atoms with E-state index in [9.17, 15) is 49.1 Å². The fourth-order valence-electron chi connectivity index (χ4n) is 3.12. The van der Waals surface area contributed by atoms with Crippen molar-refractivity contribution in [3.63, 3.8) is 0 Å². The Bertz CT molecular complexity index is 1160. The number of pyridine rings is 1. The van der Waals surface area contributed by atoms with Gasteiger partial charge in [-0.25, -0.2) is 17.8 Å². The molecule has 0 atom stereocenters. The molecule has 1 aliphatic rings. The maximum atomic E-state index is 14.2. The number of hydrogen-bond donors (Lipinski definition) is 2. The summed E-state index contributed by atoms with van der Waals surface area (Å²) < 4.78 is 116. The Balaban J connectivity index is 1.71. The molecule has 2 aromatic rings. The van der Waals surface area contributed by atoms with Crippen molar-refractivity contribution in [3.8, 4) is 0 Å². The van der Waals surface area contributed by atoms with Gasteiger partial charge in [-0.15, -0.1) is 0 Å². The van der Waals surface area contributed by atoms with Crippen molar-refractivity contribution in [2.75, 3.05) is 11.1 Å². The third kappa shape index (κ3) is 5.32. The first kappa shape index (κ1) is 25.9. The highest BCUT2D eigenvalue weighted by Gasteiger charge is 2.72. The van der Waals surface area contributed by atoms with Crippen LogP contribution in [0.4, 0.5) is 36.4 Å². The van der Waals surface area contributed by atoms with Gasteiger partial charge in [-0.2, -0.15) is 26.3 Å². The third-order valence-electron chi connectivity index (χ3n) is 5.10. The molecule has 1 aliphatic carbocycles. The fourth-order valence-corrected chi connectivity index (χ4v) is 4.74. The number of benzene rings is 1. The highest BCUT2D eigenvalue weighted by molar-refractivity contribution is 7.91. The number of anilines is 1. The average Bonchev–Trinajstić information content (AvgIpc) is 3.49. The lowest BCUT2D eigenvalue weighted by molar-refractivity contribution is -0.377. The molecule has 1 amide bonds. The minimum atomic E-state index is -6.26. The van der Waals surface area contributed by atoms with Crippen molar-refractivity contribution in [3.05, 3.63) is 53.5 Å². The van der Waals surface area contributed by atoms with Crippen LogP contribution in [0.2, 0.25) is 0 Å². The number of aliphatic hydroxyl groups is 1. The van der Waals surface area contributed by atoms with Crippen LogP contribution in [0.15, 0.2) is 41.6 Å². The van der Waals surface area contributed by atoms with E-state index in [1.54, 1.807) is 0 Å². The Morgan fingerprint density at radius 3 is 2.15 bits per heavy atom. The number of hydrogen-bond acceptors (Lipinski definition) is 5. The van der Waals surface area contributed by atoms with E-state index in [1.807, 2.05) is 0 Å². The minimum absolute atomic E-state index is 0.0286. The number of rotatable bonds is 7. The van der Waals surface area contributed by atoms with Crippen molar-refractivity contribution < 1.29 is 49.1 Å². The third-order valence-corrected chi connectivity index (χ3v) is 6.89. The van der Waals surface area contributed by atoms with Crippen LogP contribution in [0.3, 0.4) is 0 Å². The van der Waals surface area contributed by atoms with E-state index in [-0.39, 0.29) is 34.4 Å². The Labute approximate surface area is 188 Å². The zero-order chi connectivity index (χ0) is 25.5. The Kier molecular flexibility index (Phi) is 6.70. The lowest BCUT2D eigenvalue weighted by Gasteiger charge is -2.32. The summed E-state index contributed by atoms with van der Waals surface area (Å²) >= 11 is 0. The first-order chi connectivity index (χ1) is 15.5. The summed E-state index contributed by atoms with van der Waals surface area (Å²) in [6, 6.07) is 3.39. The topological polar surface area (TPSA) is 96.4 Å². The van der Waals surface area contributed by atoms with Crippen LogP contribution in [-0.2, 0) is 26.7 Å². The van der Waals surface area contributed by atoms with E-state index in [2.05, 4.69) is 10.3 Å². The molecule has 1 fully saturated rings.